The summed E-state index contributed by atoms with van der Waals surface area (Å²) >= 11 is 0. The molecule has 0 spiro atoms. The molecule has 2 heterocycles. The van der Waals surface area contributed by atoms with Crippen LogP contribution in [-0.2, 0) is 0 Å². The highest BCUT2D eigenvalue weighted by Crippen LogP contribution is 2.37. The van der Waals surface area contributed by atoms with Crippen molar-refractivity contribution in [2.24, 2.45) is 5.92 Å². The van der Waals surface area contributed by atoms with Gasteiger partial charge in [0.2, 0.25) is 0 Å². The molecule has 2 atom stereocenters. The third-order valence-corrected chi connectivity index (χ3v) is 4.94. The molecule has 0 radical (unpaired) electrons. The molecule has 2 bridgehead atoms. The van der Waals surface area contributed by atoms with E-state index in [4.69, 9.17) is 0 Å². The van der Waals surface area contributed by atoms with Gasteiger partial charge >= 0.3 is 0 Å². The van der Waals surface area contributed by atoms with Gasteiger partial charge in [0, 0.05) is 18.6 Å². The lowest BCUT2D eigenvalue weighted by atomic mass is 9.91. The van der Waals surface area contributed by atoms with Gasteiger partial charge in [-0.05, 0) is 50.8 Å². The fraction of sp³-hybridized carbons (Fsp3) is 0.562. The number of nitrogens with zero attached hydrogens (tertiary/aromatic N) is 1. The van der Waals surface area contributed by atoms with E-state index >= 15 is 0 Å². The van der Waals surface area contributed by atoms with Crippen molar-refractivity contribution in [2.45, 2.75) is 37.8 Å². The number of nitrogens with one attached hydrogen (secondary N) is 1. The molecule has 2 aliphatic rings. The van der Waals surface area contributed by atoms with Gasteiger partial charge in [-0.2, -0.15) is 0 Å². The van der Waals surface area contributed by atoms with Crippen molar-refractivity contribution in [3.63, 3.8) is 0 Å². The Morgan fingerprint density at radius 3 is 2.62 bits per heavy atom. The van der Waals surface area contributed by atoms with Crippen LogP contribution in [0.1, 0.15) is 36.0 Å². The van der Waals surface area contributed by atoms with Gasteiger partial charge in [0.15, 0.2) is 11.6 Å². The molecule has 2 unspecified atom stereocenters. The van der Waals surface area contributed by atoms with E-state index in [1.807, 2.05) is 0 Å². The highest BCUT2D eigenvalue weighted by molar-refractivity contribution is 5.94. The second-order valence-electron chi connectivity index (χ2n) is 6.20. The molecule has 1 aromatic rings. The van der Waals surface area contributed by atoms with Crippen molar-refractivity contribution in [1.29, 1.82) is 0 Å². The standard InChI is InChI=1S/C16H20F2N2O/c1-20-11-5-6-12(20)8-10(7-11)9-19-16(21)13-3-2-4-14(17)15(13)18/h2-4,10-12H,5-9H2,1H3,(H,19,21). The SMILES string of the molecule is CN1C2CCC1CC(CNC(=O)c1cccc(F)c1F)C2. The number of piperidine rings is 1. The number of fused-ring (bicyclic) bond motifs is 2. The van der Waals surface area contributed by atoms with Crippen molar-refractivity contribution in [3.8, 4) is 0 Å². The van der Waals surface area contributed by atoms with Gasteiger partial charge in [-0.3, -0.25) is 4.79 Å². The van der Waals surface area contributed by atoms with Gasteiger partial charge in [0.25, 0.3) is 5.91 Å². The number of carbonyl (C=O) groups is 1. The van der Waals surface area contributed by atoms with Crippen molar-refractivity contribution in [1.82, 2.24) is 10.2 Å². The van der Waals surface area contributed by atoms with Crippen LogP contribution >= 0.6 is 0 Å². The molecule has 21 heavy (non-hydrogen) atoms. The molecular formula is C16H20F2N2O. The van der Waals surface area contributed by atoms with Crippen LogP contribution in [0.2, 0.25) is 0 Å². The molecule has 3 rings (SSSR count). The first-order valence-electron chi connectivity index (χ1n) is 7.50. The minimum absolute atomic E-state index is 0.217. The number of amides is 1. The summed E-state index contributed by atoms with van der Waals surface area (Å²) < 4.78 is 26.7. The largest absolute Gasteiger partial charge is 0.352 e. The molecule has 1 amide bonds. The maximum Gasteiger partial charge on any atom is 0.254 e. The van der Waals surface area contributed by atoms with Crippen LogP contribution in [0.15, 0.2) is 18.2 Å². The van der Waals surface area contributed by atoms with Gasteiger partial charge in [-0.25, -0.2) is 8.78 Å². The molecule has 0 saturated carbocycles. The molecule has 0 aliphatic carbocycles. The highest BCUT2D eigenvalue weighted by atomic mass is 19.2. The normalized spacial score (nSPS) is 28.6. The Kier molecular flexibility index (Phi) is 3.93. The van der Waals surface area contributed by atoms with Crippen LogP contribution < -0.4 is 5.32 Å². The summed E-state index contributed by atoms with van der Waals surface area (Å²) in [6.45, 7) is 0.537. The van der Waals surface area contributed by atoms with Gasteiger partial charge < -0.3 is 10.2 Å². The van der Waals surface area contributed by atoms with Crippen molar-refractivity contribution >= 4 is 5.91 Å². The Labute approximate surface area is 123 Å². The van der Waals surface area contributed by atoms with E-state index < -0.39 is 17.5 Å². The van der Waals surface area contributed by atoms with Crippen LogP contribution in [0.4, 0.5) is 8.78 Å². The maximum atomic E-state index is 13.6. The van der Waals surface area contributed by atoms with Crippen molar-refractivity contribution < 1.29 is 13.6 Å². The monoisotopic (exact) mass is 294 g/mol. The minimum atomic E-state index is -1.07. The van der Waals surface area contributed by atoms with E-state index in [9.17, 15) is 13.6 Å². The Morgan fingerprint density at radius 1 is 1.29 bits per heavy atom. The topological polar surface area (TPSA) is 32.3 Å². The summed E-state index contributed by atoms with van der Waals surface area (Å²) in [6.07, 6.45) is 4.59. The fourth-order valence-electron chi connectivity index (χ4n) is 3.70. The molecule has 2 fully saturated rings. The molecular weight excluding hydrogens is 274 g/mol. The Hall–Kier alpha value is -1.49. The van der Waals surface area contributed by atoms with Crippen molar-refractivity contribution in [3.05, 3.63) is 35.4 Å². The lowest BCUT2D eigenvalue weighted by Gasteiger charge is -2.36. The van der Waals surface area contributed by atoms with Crippen LogP contribution in [-0.4, -0.2) is 36.5 Å². The molecule has 5 heteroatoms. The highest BCUT2D eigenvalue weighted by Gasteiger charge is 2.38. The number of rotatable bonds is 3. The zero-order chi connectivity index (χ0) is 15.0. The first kappa shape index (κ1) is 14.4. The minimum Gasteiger partial charge on any atom is -0.352 e. The van der Waals surface area contributed by atoms with Crippen molar-refractivity contribution in [2.75, 3.05) is 13.6 Å². The fourth-order valence-corrected chi connectivity index (χ4v) is 3.70. The van der Waals surface area contributed by atoms with E-state index in [1.54, 1.807) is 0 Å². The summed E-state index contributed by atoms with van der Waals surface area (Å²) in [7, 11) is 2.17. The Bertz CT molecular complexity index is 535. The number of benzene rings is 1. The van der Waals surface area contributed by atoms with Crippen LogP contribution in [0, 0.1) is 17.6 Å². The van der Waals surface area contributed by atoms with E-state index in [0.29, 0.717) is 24.5 Å². The second-order valence-corrected chi connectivity index (χ2v) is 6.20. The molecule has 1 aromatic carbocycles. The maximum absolute atomic E-state index is 13.6. The van der Waals surface area contributed by atoms with Gasteiger partial charge in [0.05, 0.1) is 5.56 Å². The van der Waals surface area contributed by atoms with Gasteiger partial charge in [0.1, 0.15) is 0 Å². The van der Waals surface area contributed by atoms with E-state index in [2.05, 4.69) is 17.3 Å². The third kappa shape index (κ3) is 2.79. The van der Waals surface area contributed by atoms with Gasteiger partial charge in [-0.15, -0.1) is 0 Å². The number of halogens is 2. The summed E-state index contributed by atoms with van der Waals surface area (Å²) in [6, 6.07) is 4.89. The number of hydrogen-bond acceptors (Lipinski definition) is 2. The van der Waals surface area contributed by atoms with Crippen LogP contribution in [0.25, 0.3) is 0 Å². The van der Waals surface area contributed by atoms with Crippen LogP contribution in [0.5, 0.6) is 0 Å². The predicted molar refractivity (Wildman–Crippen MR) is 76.0 cm³/mol. The molecule has 114 valence electrons. The summed E-state index contributed by atoms with van der Waals surface area (Å²) in [5.74, 6) is -2.16. The zero-order valence-corrected chi connectivity index (χ0v) is 12.1. The predicted octanol–water partition coefficient (Wildman–Crippen LogP) is 2.57. The van der Waals surface area contributed by atoms with E-state index in [1.165, 1.54) is 25.0 Å². The molecule has 1 N–H and O–H groups in total. The molecule has 3 nitrogen and oxygen atoms in total. The van der Waals surface area contributed by atoms with E-state index in [-0.39, 0.29) is 5.56 Å². The molecule has 2 aliphatic heterocycles. The smallest absolute Gasteiger partial charge is 0.254 e. The average Bonchev–Trinajstić information content (AvgIpc) is 2.70. The first-order valence-corrected chi connectivity index (χ1v) is 7.50. The summed E-state index contributed by atoms with van der Waals surface area (Å²) in [4.78, 5) is 14.4. The molecule has 0 aromatic heterocycles. The molecule has 2 saturated heterocycles. The van der Waals surface area contributed by atoms with Gasteiger partial charge in [-0.1, -0.05) is 6.07 Å². The van der Waals surface area contributed by atoms with Crippen LogP contribution in [0.3, 0.4) is 0 Å². The quantitative estimate of drug-likeness (QED) is 0.929. The third-order valence-electron chi connectivity index (χ3n) is 4.94. The first-order chi connectivity index (χ1) is 10.1. The number of hydrogen-bond donors (Lipinski definition) is 1. The number of carbonyl (C=O) groups excluding carboxylic acids is 1. The Balaban J connectivity index is 1.58. The lowest BCUT2D eigenvalue weighted by Crippen LogP contribution is -2.43. The average molecular weight is 294 g/mol. The second kappa shape index (κ2) is 5.72. The zero-order valence-electron chi connectivity index (χ0n) is 12.1. The lowest BCUT2D eigenvalue weighted by molar-refractivity contribution is 0.0912. The Morgan fingerprint density at radius 2 is 1.95 bits per heavy atom. The summed E-state index contributed by atoms with van der Waals surface area (Å²) in [5.41, 5.74) is -0.217. The van der Waals surface area contributed by atoms with E-state index in [0.717, 1.165) is 18.9 Å². The summed E-state index contributed by atoms with van der Waals surface area (Å²) in [5, 5.41) is 2.76.